The van der Waals surface area contributed by atoms with Crippen LogP contribution in [0.1, 0.15) is 26.2 Å². The lowest BCUT2D eigenvalue weighted by Gasteiger charge is -2.30. The minimum atomic E-state index is -2.80. The highest BCUT2D eigenvalue weighted by Crippen LogP contribution is 2.18. The molecule has 0 spiro atoms. The van der Waals surface area contributed by atoms with Crippen molar-refractivity contribution in [2.75, 3.05) is 36.5 Å². The van der Waals surface area contributed by atoms with E-state index in [9.17, 15) is 8.42 Å². The van der Waals surface area contributed by atoms with Crippen LogP contribution in [0, 0.1) is 5.92 Å². The maximum atomic E-state index is 11.6. The normalized spacial score (nSPS) is 20.1. The number of halogens is 1. The molecule has 1 aliphatic rings. The van der Waals surface area contributed by atoms with Gasteiger partial charge in [-0.15, -0.1) is 0 Å². The summed E-state index contributed by atoms with van der Waals surface area (Å²) in [4.78, 5) is 2.28. The smallest absolute Gasteiger partial charge is 0.151 e. The Kier molecular flexibility index (Phi) is 6.29. The lowest BCUT2D eigenvalue weighted by Crippen LogP contribution is -2.37. The van der Waals surface area contributed by atoms with Crippen LogP contribution in [0.2, 0.25) is 0 Å². The van der Waals surface area contributed by atoms with Crippen molar-refractivity contribution in [2.45, 2.75) is 26.2 Å². The molecule has 0 aromatic rings. The fourth-order valence-electron chi connectivity index (χ4n) is 2.05. The van der Waals surface area contributed by atoms with Crippen LogP contribution >= 0.6 is 15.9 Å². The van der Waals surface area contributed by atoms with E-state index >= 15 is 0 Å². The molecule has 0 amide bonds. The molecule has 96 valence electrons. The molecule has 0 saturated carbocycles. The van der Waals surface area contributed by atoms with E-state index in [0.717, 1.165) is 37.3 Å². The monoisotopic (exact) mass is 311 g/mol. The van der Waals surface area contributed by atoms with Gasteiger partial charge < -0.3 is 4.90 Å². The number of hydrogen-bond acceptors (Lipinski definition) is 3. The van der Waals surface area contributed by atoms with Crippen LogP contribution in [-0.4, -0.2) is 49.8 Å². The summed E-state index contributed by atoms with van der Waals surface area (Å²) in [5.74, 6) is 1.45. The van der Waals surface area contributed by atoms with Crippen LogP contribution in [0.4, 0.5) is 0 Å². The zero-order valence-corrected chi connectivity index (χ0v) is 12.4. The second-order valence-electron chi connectivity index (χ2n) is 4.59. The van der Waals surface area contributed by atoms with E-state index in [2.05, 4.69) is 20.8 Å². The number of hydrogen-bond donors (Lipinski definition) is 0. The molecule has 0 atom stereocenters. The third kappa shape index (κ3) is 5.15. The van der Waals surface area contributed by atoms with E-state index in [1.807, 2.05) is 6.92 Å². The molecule has 0 aliphatic carbocycles. The van der Waals surface area contributed by atoms with Gasteiger partial charge >= 0.3 is 0 Å². The molecule has 1 heterocycles. The van der Waals surface area contributed by atoms with Gasteiger partial charge in [-0.1, -0.05) is 22.9 Å². The van der Waals surface area contributed by atoms with E-state index < -0.39 is 9.84 Å². The van der Waals surface area contributed by atoms with Crippen molar-refractivity contribution in [3.63, 3.8) is 0 Å². The highest BCUT2D eigenvalue weighted by molar-refractivity contribution is 9.09. The third-order valence-electron chi connectivity index (χ3n) is 3.16. The van der Waals surface area contributed by atoms with Gasteiger partial charge in [-0.05, 0) is 38.3 Å². The summed E-state index contributed by atoms with van der Waals surface area (Å²) in [7, 11) is -2.80. The second-order valence-corrected chi connectivity index (χ2v) is 7.54. The van der Waals surface area contributed by atoms with E-state index in [0.29, 0.717) is 11.5 Å². The van der Waals surface area contributed by atoms with Crippen LogP contribution in [-0.2, 0) is 9.84 Å². The first-order chi connectivity index (χ1) is 7.57. The van der Waals surface area contributed by atoms with Gasteiger partial charge in [0.25, 0.3) is 0 Å². The van der Waals surface area contributed by atoms with Crippen molar-refractivity contribution in [3.8, 4) is 0 Å². The van der Waals surface area contributed by atoms with Crippen LogP contribution in [0.15, 0.2) is 0 Å². The number of rotatable bonds is 6. The van der Waals surface area contributed by atoms with Crippen molar-refractivity contribution >= 4 is 25.8 Å². The van der Waals surface area contributed by atoms with E-state index in [1.54, 1.807) is 0 Å². The van der Waals surface area contributed by atoms with Gasteiger partial charge in [0.15, 0.2) is 9.84 Å². The number of alkyl halides is 1. The zero-order valence-electron chi connectivity index (χ0n) is 9.99. The largest absolute Gasteiger partial charge is 0.302 e. The molecular formula is C11H22BrNO2S. The van der Waals surface area contributed by atoms with Gasteiger partial charge in [-0.2, -0.15) is 0 Å². The molecule has 16 heavy (non-hydrogen) atoms. The molecule has 0 radical (unpaired) electrons. The molecule has 1 saturated heterocycles. The van der Waals surface area contributed by atoms with Gasteiger partial charge in [0.1, 0.15) is 0 Å². The first-order valence-electron chi connectivity index (χ1n) is 6.06. The fraction of sp³-hybridized carbons (Fsp3) is 1.00. The molecule has 3 nitrogen and oxygen atoms in total. The molecule has 0 bridgehead atoms. The Hall–Kier alpha value is 0.390. The molecule has 0 aromatic carbocycles. The maximum Gasteiger partial charge on any atom is 0.151 e. The Bertz CT molecular complexity index is 284. The van der Waals surface area contributed by atoms with E-state index in [-0.39, 0.29) is 0 Å². The average molecular weight is 312 g/mol. The minimum Gasteiger partial charge on any atom is -0.302 e. The van der Waals surface area contributed by atoms with Crippen LogP contribution in [0.25, 0.3) is 0 Å². The van der Waals surface area contributed by atoms with Gasteiger partial charge in [-0.3, -0.25) is 0 Å². The van der Waals surface area contributed by atoms with Crippen molar-refractivity contribution in [1.82, 2.24) is 4.90 Å². The summed E-state index contributed by atoms with van der Waals surface area (Å²) in [6, 6.07) is 0. The van der Waals surface area contributed by atoms with Gasteiger partial charge in [-0.25, -0.2) is 8.42 Å². The third-order valence-corrected chi connectivity index (χ3v) is 5.91. The lowest BCUT2D eigenvalue weighted by atomic mass is 9.99. The topological polar surface area (TPSA) is 37.4 Å². The van der Waals surface area contributed by atoms with Crippen molar-refractivity contribution in [1.29, 1.82) is 0 Å². The molecule has 0 N–H and O–H groups in total. The molecule has 0 unspecified atom stereocenters. The highest BCUT2D eigenvalue weighted by Gasteiger charge is 2.19. The summed E-state index contributed by atoms with van der Waals surface area (Å²) in [5, 5.41) is 1.08. The van der Waals surface area contributed by atoms with Crippen molar-refractivity contribution < 1.29 is 8.42 Å². The Balaban J connectivity index is 2.24. The summed E-state index contributed by atoms with van der Waals surface area (Å²) in [6.07, 6.45) is 3.12. The second kappa shape index (κ2) is 6.97. The van der Waals surface area contributed by atoms with E-state index in [4.69, 9.17) is 0 Å². The number of sulfone groups is 1. The fourth-order valence-corrected chi connectivity index (χ4v) is 4.06. The summed E-state index contributed by atoms with van der Waals surface area (Å²) in [6.45, 7) is 4.74. The zero-order chi connectivity index (χ0) is 12.0. The predicted molar refractivity (Wildman–Crippen MR) is 71.9 cm³/mol. The number of likely N-dealkylation sites (tertiary alicyclic amines) is 1. The standard InChI is InChI=1S/C11H22BrNO2S/c1-2-8-16(14,15)9-7-13-5-3-11(10-12)4-6-13/h11H,2-10H2,1H3. The predicted octanol–water partition coefficient (Wildman–Crippen LogP) is 1.92. The van der Waals surface area contributed by atoms with Crippen LogP contribution < -0.4 is 0 Å². The summed E-state index contributed by atoms with van der Waals surface area (Å²) in [5.41, 5.74) is 0. The number of piperidine rings is 1. The van der Waals surface area contributed by atoms with Gasteiger partial charge in [0, 0.05) is 17.6 Å². The maximum absolute atomic E-state index is 11.6. The molecule has 1 fully saturated rings. The molecule has 1 rings (SSSR count). The van der Waals surface area contributed by atoms with Gasteiger partial charge in [0.2, 0.25) is 0 Å². The SMILES string of the molecule is CCCS(=O)(=O)CCN1CCC(CBr)CC1. The average Bonchev–Trinajstić information content (AvgIpc) is 2.27. The highest BCUT2D eigenvalue weighted by atomic mass is 79.9. The van der Waals surface area contributed by atoms with Crippen LogP contribution in [0.3, 0.4) is 0 Å². The lowest BCUT2D eigenvalue weighted by molar-refractivity contribution is 0.204. The van der Waals surface area contributed by atoms with Gasteiger partial charge in [0.05, 0.1) is 5.75 Å². The first kappa shape index (κ1) is 14.5. The Labute approximate surface area is 108 Å². The Morgan fingerprint density at radius 3 is 2.38 bits per heavy atom. The Morgan fingerprint density at radius 2 is 1.88 bits per heavy atom. The summed E-state index contributed by atoms with van der Waals surface area (Å²) >= 11 is 3.51. The Morgan fingerprint density at radius 1 is 1.25 bits per heavy atom. The summed E-state index contributed by atoms with van der Waals surface area (Å²) < 4.78 is 23.1. The molecule has 5 heteroatoms. The molecular weight excluding hydrogens is 290 g/mol. The van der Waals surface area contributed by atoms with Crippen LogP contribution in [0.5, 0.6) is 0 Å². The molecule has 0 aromatic heterocycles. The molecule has 1 aliphatic heterocycles. The quantitative estimate of drug-likeness (QED) is 0.703. The first-order valence-corrected chi connectivity index (χ1v) is 9.00. The van der Waals surface area contributed by atoms with Crippen molar-refractivity contribution in [3.05, 3.63) is 0 Å². The minimum absolute atomic E-state index is 0.333. The number of nitrogens with zero attached hydrogens (tertiary/aromatic N) is 1. The van der Waals surface area contributed by atoms with Crippen molar-refractivity contribution in [2.24, 2.45) is 5.92 Å². The van der Waals surface area contributed by atoms with E-state index in [1.165, 1.54) is 12.8 Å².